The lowest BCUT2D eigenvalue weighted by Crippen LogP contribution is -2.43. The van der Waals surface area contributed by atoms with Crippen molar-refractivity contribution in [3.8, 4) is 0 Å². The molecule has 2 aromatic rings. The van der Waals surface area contributed by atoms with Crippen molar-refractivity contribution in [1.29, 1.82) is 0 Å². The number of fused-ring (bicyclic) bond motifs is 2. The van der Waals surface area contributed by atoms with Gasteiger partial charge in [0.2, 0.25) is 5.91 Å². The summed E-state index contributed by atoms with van der Waals surface area (Å²) < 4.78 is 0. The molecule has 1 aliphatic heterocycles. The van der Waals surface area contributed by atoms with Gasteiger partial charge in [0.25, 0.3) is 0 Å². The van der Waals surface area contributed by atoms with Crippen LogP contribution in [0.3, 0.4) is 0 Å². The first-order valence-corrected chi connectivity index (χ1v) is 11.3. The van der Waals surface area contributed by atoms with Crippen LogP contribution in [0.4, 0.5) is 0 Å². The van der Waals surface area contributed by atoms with E-state index in [1.54, 1.807) is 0 Å². The minimum Gasteiger partial charge on any atom is -0.355 e. The van der Waals surface area contributed by atoms with Crippen LogP contribution in [0.25, 0.3) is 6.08 Å². The summed E-state index contributed by atoms with van der Waals surface area (Å²) in [6, 6.07) is 16.3. The number of likely N-dealkylation sites (tertiary alicyclic amines) is 1. The second-order valence-corrected chi connectivity index (χ2v) is 9.60. The maximum atomic E-state index is 12.7. The van der Waals surface area contributed by atoms with Crippen LogP contribution in [-0.2, 0) is 15.6 Å². The minimum absolute atomic E-state index is 0.0649. The van der Waals surface area contributed by atoms with Crippen LogP contribution in [0.5, 0.6) is 0 Å². The highest BCUT2D eigenvalue weighted by atomic mass is 35.5. The van der Waals surface area contributed by atoms with E-state index in [4.69, 9.17) is 11.6 Å². The van der Waals surface area contributed by atoms with Crippen molar-refractivity contribution in [2.75, 3.05) is 26.2 Å². The second-order valence-electron chi connectivity index (χ2n) is 9.16. The van der Waals surface area contributed by atoms with Crippen LogP contribution in [-0.4, -0.2) is 37.0 Å². The van der Waals surface area contributed by atoms with Crippen molar-refractivity contribution < 1.29 is 4.79 Å². The number of carbonyl (C=O) groups is 1. The predicted molar refractivity (Wildman–Crippen MR) is 125 cm³/mol. The Bertz CT molecular complexity index is 924. The number of halogens is 1. The fourth-order valence-corrected chi connectivity index (χ4v) is 4.90. The molecule has 2 aromatic carbocycles. The third-order valence-electron chi connectivity index (χ3n) is 6.90. The molecule has 1 aliphatic carbocycles. The summed E-state index contributed by atoms with van der Waals surface area (Å²) in [5.41, 5.74) is 3.54. The normalized spacial score (nSPS) is 17.8. The summed E-state index contributed by atoms with van der Waals surface area (Å²) >= 11 is 5.97. The Morgan fingerprint density at radius 3 is 2.53 bits per heavy atom. The Hall–Kier alpha value is -2.10. The summed E-state index contributed by atoms with van der Waals surface area (Å²) in [6.45, 7) is 7.89. The molecule has 1 heterocycles. The molecule has 1 amide bonds. The van der Waals surface area contributed by atoms with Gasteiger partial charge < -0.3 is 10.2 Å². The molecule has 0 unspecified atom stereocenters. The van der Waals surface area contributed by atoms with Gasteiger partial charge >= 0.3 is 0 Å². The van der Waals surface area contributed by atoms with Gasteiger partial charge in [0, 0.05) is 17.0 Å². The number of benzene rings is 2. The average molecular weight is 423 g/mol. The fourth-order valence-electron chi connectivity index (χ4n) is 4.77. The van der Waals surface area contributed by atoms with Crippen molar-refractivity contribution in [2.24, 2.45) is 0 Å². The zero-order valence-electron chi connectivity index (χ0n) is 18.0. The van der Waals surface area contributed by atoms with Crippen molar-refractivity contribution >= 4 is 23.6 Å². The quantitative estimate of drug-likeness (QED) is 0.650. The number of amides is 1. The van der Waals surface area contributed by atoms with Crippen molar-refractivity contribution in [3.63, 3.8) is 0 Å². The van der Waals surface area contributed by atoms with Crippen LogP contribution < -0.4 is 5.32 Å². The van der Waals surface area contributed by atoms with E-state index in [0.29, 0.717) is 11.6 Å². The number of allylic oxidation sites excluding steroid dienone is 1. The number of carbonyl (C=O) groups excluding carboxylic acids is 1. The first-order chi connectivity index (χ1) is 14.4. The smallest absolute Gasteiger partial charge is 0.230 e. The maximum absolute atomic E-state index is 12.7. The molecule has 1 saturated heterocycles. The number of piperidine rings is 1. The van der Waals surface area contributed by atoms with Gasteiger partial charge in [-0.05, 0) is 81.6 Å². The largest absolute Gasteiger partial charge is 0.355 e. The topological polar surface area (TPSA) is 32.3 Å². The lowest BCUT2D eigenvalue weighted by atomic mass is 9.74. The van der Waals surface area contributed by atoms with Crippen LogP contribution in [0.2, 0.25) is 5.02 Å². The number of hydrogen-bond acceptors (Lipinski definition) is 2. The summed E-state index contributed by atoms with van der Waals surface area (Å²) in [5, 5.41) is 3.82. The Kier molecular flexibility index (Phi) is 6.04. The van der Waals surface area contributed by atoms with E-state index in [1.165, 1.54) is 24.0 Å². The van der Waals surface area contributed by atoms with E-state index in [-0.39, 0.29) is 11.3 Å². The summed E-state index contributed by atoms with van der Waals surface area (Å²) in [4.78, 5) is 15.3. The summed E-state index contributed by atoms with van der Waals surface area (Å²) in [6.07, 6.45) is 8.05. The van der Waals surface area contributed by atoms with E-state index in [0.717, 1.165) is 31.6 Å². The molecule has 1 fully saturated rings. The Labute approximate surface area is 185 Å². The maximum Gasteiger partial charge on any atom is 0.230 e. The number of nitrogens with zero attached hydrogens (tertiary/aromatic N) is 1. The lowest BCUT2D eigenvalue weighted by Gasteiger charge is -2.39. The molecule has 4 rings (SSSR count). The zero-order chi connectivity index (χ0) is 21.2. The molecule has 0 saturated carbocycles. The standard InChI is InChI=1S/C26H31ClN2O/c1-25(2,21-8-10-22(27)11-9-21)24(30)28-16-5-17-29-18-14-26(15-19-29)13-12-20-6-3-4-7-23(20)26/h3-4,6-13H,5,14-19H2,1-2H3,(H,28,30). The molecule has 1 N–H and O–H groups in total. The first kappa shape index (κ1) is 21.1. The minimum atomic E-state index is -0.565. The monoisotopic (exact) mass is 422 g/mol. The van der Waals surface area contributed by atoms with Crippen LogP contribution in [0, 0.1) is 0 Å². The van der Waals surface area contributed by atoms with Gasteiger partial charge in [-0.15, -0.1) is 0 Å². The van der Waals surface area contributed by atoms with Gasteiger partial charge in [-0.2, -0.15) is 0 Å². The Morgan fingerprint density at radius 2 is 1.80 bits per heavy atom. The molecule has 0 bridgehead atoms. The highest BCUT2D eigenvalue weighted by Crippen LogP contribution is 2.43. The van der Waals surface area contributed by atoms with Crippen LogP contribution in [0.15, 0.2) is 54.6 Å². The van der Waals surface area contributed by atoms with E-state index in [1.807, 2.05) is 38.1 Å². The lowest BCUT2D eigenvalue weighted by molar-refractivity contribution is -0.125. The van der Waals surface area contributed by atoms with E-state index >= 15 is 0 Å². The number of nitrogens with one attached hydrogen (secondary N) is 1. The molecule has 2 aliphatic rings. The molecule has 0 aromatic heterocycles. The Balaban J connectivity index is 1.22. The molecular formula is C26H31ClN2O. The number of rotatable bonds is 6. The van der Waals surface area contributed by atoms with Gasteiger partial charge in [0.15, 0.2) is 0 Å². The highest BCUT2D eigenvalue weighted by Gasteiger charge is 2.37. The molecule has 0 atom stereocenters. The van der Waals surface area contributed by atoms with Gasteiger partial charge in [-0.25, -0.2) is 0 Å². The zero-order valence-corrected chi connectivity index (χ0v) is 18.7. The van der Waals surface area contributed by atoms with E-state index < -0.39 is 5.41 Å². The third-order valence-corrected chi connectivity index (χ3v) is 7.15. The third kappa shape index (κ3) is 4.19. The van der Waals surface area contributed by atoms with Crippen molar-refractivity contribution in [1.82, 2.24) is 10.2 Å². The van der Waals surface area contributed by atoms with Crippen LogP contribution in [0.1, 0.15) is 49.8 Å². The molecule has 4 heteroatoms. The molecule has 30 heavy (non-hydrogen) atoms. The second kappa shape index (κ2) is 8.56. The van der Waals surface area contributed by atoms with Crippen molar-refractivity contribution in [2.45, 2.75) is 43.9 Å². The molecule has 158 valence electrons. The highest BCUT2D eigenvalue weighted by molar-refractivity contribution is 6.30. The molecule has 3 nitrogen and oxygen atoms in total. The fraction of sp³-hybridized carbons (Fsp3) is 0.423. The first-order valence-electron chi connectivity index (χ1n) is 11.0. The summed E-state index contributed by atoms with van der Waals surface area (Å²) in [5.74, 6) is 0.0649. The predicted octanol–water partition coefficient (Wildman–Crippen LogP) is 5.18. The average Bonchev–Trinajstić information content (AvgIpc) is 3.11. The number of hydrogen-bond donors (Lipinski definition) is 1. The van der Waals surface area contributed by atoms with Gasteiger partial charge in [-0.1, -0.05) is 60.2 Å². The van der Waals surface area contributed by atoms with Gasteiger partial charge in [0.05, 0.1) is 5.41 Å². The summed E-state index contributed by atoms with van der Waals surface area (Å²) in [7, 11) is 0. The van der Waals surface area contributed by atoms with E-state index in [9.17, 15) is 4.79 Å². The van der Waals surface area contributed by atoms with Gasteiger partial charge in [-0.3, -0.25) is 4.79 Å². The SMILES string of the molecule is CC(C)(C(=O)NCCCN1CCC2(C=Cc3ccccc32)CC1)c1ccc(Cl)cc1. The molecule has 1 spiro atoms. The Morgan fingerprint density at radius 1 is 1.10 bits per heavy atom. The van der Waals surface area contributed by atoms with Gasteiger partial charge in [0.1, 0.15) is 0 Å². The van der Waals surface area contributed by atoms with Crippen molar-refractivity contribution in [3.05, 3.63) is 76.3 Å². The molecular weight excluding hydrogens is 392 g/mol. The molecule has 0 radical (unpaired) electrons. The van der Waals surface area contributed by atoms with E-state index in [2.05, 4.69) is 46.6 Å². The van der Waals surface area contributed by atoms with Crippen LogP contribution >= 0.6 is 11.6 Å².